The molecule has 0 bridgehead atoms. The van der Waals surface area contributed by atoms with Crippen LogP contribution in [0.3, 0.4) is 0 Å². The largest absolute Gasteiger partial charge is 0.324 e. The van der Waals surface area contributed by atoms with Gasteiger partial charge in [0, 0.05) is 11.8 Å². The van der Waals surface area contributed by atoms with Crippen molar-refractivity contribution in [3.63, 3.8) is 0 Å². The number of benzene rings is 1. The van der Waals surface area contributed by atoms with E-state index in [1.54, 1.807) is 11.8 Å². The summed E-state index contributed by atoms with van der Waals surface area (Å²) in [5.74, 6) is 1.22. The Kier molecular flexibility index (Phi) is 4.66. The Bertz CT molecular complexity index is 396. The molecule has 2 atom stereocenters. The van der Waals surface area contributed by atoms with E-state index < -0.39 is 0 Å². The number of nitrogens with zero attached hydrogens (tertiary/aromatic N) is 1. The summed E-state index contributed by atoms with van der Waals surface area (Å²) < 4.78 is 0. The van der Waals surface area contributed by atoms with E-state index in [4.69, 9.17) is 0 Å². The smallest absolute Gasteiger partial charge is 0.245 e. The molecule has 1 fully saturated rings. The Morgan fingerprint density at radius 3 is 2.78 bits per heavy atom. The summed E-state index contributed by atoms with van der Waals surface area (Å²) in [4.78, 5) is 14.4. The number of carbonyl (C=O) groups is 1. The van der Waals surface area contributed by atoms with Gasteiger partial charge in [0.2, 0.25) is 5.91 Å². The summed E-state index contributed by atoms with van der Waals surface area (Å²) in [6.45, 7) is 2.81. The molecule has 1 aromatic carbocycles. The van der Waals surface area contributed by atoms with Gasteiger partial charge in [0.1, 0.15) is 6.04 Å². The highest BCUT2D eigenvalue weighted by Crippen LogP contribution is 2.23. The minimum Gasteiger partial charge on any atom is -0.324 e. The van der Waals surface area contributed by atoms with E-state index in [2.05, 4.69) is 18.5 Å². The highest BCUT2D eigenvalue weighted by molar-refractivity contribution is 7.98. The molecule has 0 radical (unpaired) electrons. The van der Waals surface area contributed by atoms with Gasteiger partial charge in [-0.05, 0) is 18.2 Å². The molecule has 1 aromatic rings. The normalized spacial score (nSPS) is 21.3. The average molecular weight is 264 g/mol. The number of amides is 1. The molecule has 2 rings (SSSR count). The van der Waals surface area contributed by atoms with E-state index in [1.807, 2.05) is 35.2 Å². The van der Waals surface area contributed by atoms with Crippen LogP contribution in [0.25, 0.3) is 0 Å². The van der Waals surface area contributed by atoms with Crippen LogP contribution in [0.2, 0.25) is 0 Å². The van der Waals surface area contributed by atoms with Gasteiger partial charge in [-0.25, -0.2) is 0 Å². The summed E-state index contributed by atoms with van der Waals surface area (Å²) in [6, 6.07) is 10.1. The van der Waals surface area contributed by atoms with Crippen molar-refractivity contribution in [3.8, 4) is 0 Å². The SMILES string of the molecule is CCC(CSC)N1CNC(c2ccccc2)C1=O. The highest BCUT2D eigenvalue weighted by atomic mass is 32.2. The maximum Gasteiger partial charge on any atom is 0.245 e. The van der Waals surface area contributed by atoms with Crippen LogP contribution in [-0.2, 0) is 4.79 Å². The molecule has 1 heterocycles. The summed E-state index contributed by atoms with van der Waals surface area (Å²) in [7, 11) is 0. The third-order valence-corrected chi connectivity index (χ3v) is 4.12. The Balaban J connectivity index is 2.09. The molecule has 1 aliphatic rings. The predicted octanol–water partition coefficient (Wildman–Crippen LogP) is 2.26. The molecule has 0 aromatic heterocycles. The fourth-order valence-corrected chi connectivity index (χ4v) is 3.16. The number of nitrogens with one attached hydrogen (secondary N) is 1. The van der Waals surface area contributed by atoms with Gasteiger partial charge in [-0.1, -0.05) is 37.3 Å². The zero-order valence-electron chi connectivity index (χ0n) is 10.9. The lowest BCUT2D eigenvalue weighted by Gasteiger charge is -2.25. The second-order valence-corrected chi connectivity index (χ2v) is 5.44. The Hall–Kier alpha value is -1.00. The van der Waals surface area contributed by atoms with Crippen LogP contribution in [-0.4, -0.2) is 35.5 Å². The molecule has 0 aliphatic carbocycles. The lowest BCUT2D eigenvalue weighted by Crippen LogP contribution is -2.38. The maximum absolute atomic E-state index is 12.4. The molecule has 2 unspecified atom stereocenters. The minimum absolute atomic E-state index is 0.165. The van der Waals surface area contributed by atoms with Gasteiger partial charge >= 0.3 is 0 Å². The fourth-order valence-electron chi connectivity index (χ4n) is 2.36. The van der Waals surface area contributed by atoms with Gasteiger partial charge in [-0.15, -0.1) is 0 Å². The van der Waals surface area contributed by atoms with E-state index >= 15 is 0 Å². The molecule has 4 heteroatoms. The first-order chi connectivity index (χ1) is 8.77. The summed E-state index contributed by atoms with van der Waals surface area (Å²) in [5, 5.41) is 3.31. The van der Waals surface area contributed by atoms with Crippen LogP contribution in [0.15, 0.2) is 30.3 Å². The Labute approximate surface area is 113 Å². The van der Waals surface area contributed by atoms with Crippen LogP contribution < -0.4 is 5.32 Å². The highest BCUT2D eigenvalue weighted by Gasteiger charge is 2.35. The minimum atomic E-state index is -0.165. The van der Waals surface area contributed by atoms with Crippen LogP contribution in [0.5, 0.6) is 0 Å². The van der Waals surface area contributed by atoms with Crippen LogP contribution in [0.4, 0.5) is 0 Å². The lowest BCUT2D eigenvalue weighted by molar-refractivity contribution is -0.130. The van der Waals surface area contributed by atoms with E-state index in [0.717, 1.165) is 17.7 Å². The fraction of sp³-hybridized carbons (Fsp3) is 0.500. The van der Waals surface area contributed by atoms with E-state index in [-0.39, 0.29) is 11.9 Å². The molecular weight excluding hydrogens is 244 g/mol. The number of carbonyl (C=O) groups excluding carboxylic acids is 1. The number of hydrogen-bond acceptors (Lipinski definition) is 3. The van der Waals surface area contributed by atoms with Gasteiger partial charge in [0.05, 0.1) is 6.67 Å². The number of rotatable bonds is 5. The third-order valence-electron chi connectivity index (χ3n) is 3.40. The van der Waals surface area contributed by atoms with Gasteiger partial charge in [-0.2, -0.15) is 11.8 Å². The van der Waals surface area contributed by atoms with Crippen LogP contribution in [0, 0.1) is 0 Å². The first-order valence-electron chi connectivity index (χ1n) is 6.35. The van der Waals surface area contributed by atoms with E-state index in [0.29, 0.717) is 12.7 Å². The quantitative estimate of drug-likeness (QED) is 0.885. The first kappa shape index (κ1) is 13.4. The van der Waals surface area contributed by atoms with Gasteiger partial charge in [0.15, 0.2) is 0 Å². The standard InChI is InChI=1S/C14H20N2OS/c1-3-12(9-18-2)16-10-15-13(14(16)17)11-7-5-4-6-8-11/h4-8,12-13,15H,3,9-10H2,1-2H3. The second kappa shape index (κ2) is 6.25. The van der Waals surface area contributed by atoms with Crippen LogP contribution in [0.1, 0.15) is 24.9 Å². The van der Waals surface area contributed by atoms with Crippen molar-refractivity contribution in [3.05, 3.63) is 35.9 Å². The van der Waals surface area contributed by atoms with Gasteiger partial charge in [-0.3, -0.25) is 10.1 Å². The van der Waals surface area contributed by atoms with Crippen molar-refractivity contribution in [1.29, 1.82) is 0 Å². The van der Waals surface area contributed by atoms with Crippen molar-refractivity contribution >= 4 is 17.7 Å². The predicted molar refractivity (Wildman–Crippen MR) is 76.5 cm³/mol. The molecule has 1 N–H and O–H groups in total. The number of hydrogen-bond donors (Lipinski definition) is 1. The Morgan fingerprint density at radius 1 is 1.44 bits per heavy atom. The molecule has 18 heavy (non-hydrogen) atoms. The van der Waals surface area contributed by atoms with Gasteiger partial charge < -0.3 is 4.90 Å². The van der Waals surface area contributed by atoms with Crippen LogP contribution >= 0.6 is 11.8 Å². The summed E-state index contributed by atoms with van der Waals surface area (Å²) >= 11 is 1.80. The van der Waals surface area contributed by atoms with E-state index in [1.165, 1.54) is 0 Å². The van der Waals surface area contributed by atoms with E-state index in [9.17, 15) is 4.79 Å². The van der Waals surface area contributed by atoms with Crippen molar-refractivity contribution in [2.45, 2.75) is 25.4 Å². The number of thioether (sulfide) groups is 1. The molecule has 0 saturated carbocycles. The molecule has 0 spiro atoms. The zero-order chi connectivity index (χ0) is 13.0. The molecule has 1 saturated heterocycles. The summed E-state index contributed by atoms with van der Waals surface area (Å²) in [6.07, 6.45) is 3.10. The van der Waals surface area contributed by atoms with Crippen molar-refractivity contribution in [2.24, 2.45) is 0 Å². The lowest BCUT2D eigenvalue weighted by atomic mass is 10.1. The summed E-state index contributed by atoms with van der Waals surface area (Å²) in [5.41, 5.74) is 1.06. The first-order valence-corrected chi connectivity index (χ1v) is 7.75. The Morgan fingerprint density at radius 2 is 2.17 bits per heavy atom. The van der Waals surface area contributed by atoms with Crippen molar-refractivity contribution < 1.29 is 4.79 Å². The molecule has 1 aliphatic heterocycles. The topological polar surface area (TPSA) is 32.3 Å². The maximum atomic E-state index is 12.4. The molecule has 1 amide bonds. The van der Waals surface area contributed by atoms with Crippen molar-refractivity contribution in [2.75, 3.05) is 18.7 Å². The molecule has 98 valence electrons. The average Bonchev–Trinajstić information content (AvgIpc) is 2.79. The van der Waals surface area contributed by atoms with Crippen molar-refractivity contribution in [1.82, 2.24) is 10.2 Å². The zero-order valence-corrected chi connectivity index (χ0v) is 11.7. The molecule has 3 nitrogen and oxygen atoms in total. The monoisotopic (exact) mass is 264 g/mol. The second-order valence-electron chi connectivity index (χ2n) is 4.53. The molecular formula is C14H20N2OS. The van der Waals surface area contributed by atoms with Gasteiger partial charge in [0.25, 0.3) is 0 Å². The third kappa shape index (κ3) is 2.70.